The summed E-state index contributed by atoms with van der Waals surface area (Å²) in [6, 6.07) is 7.07. The standard InChI is InChI=1S/C13H15ClN2O2/c1-9(10-4-2-6-15-13(10)14)16-11(8-17)12-5-3-7-18-12/h2-7,9,11,16-17H,8H2,1H3. The van der Waals surface area contributed by atoms with E-state index in [1.807, 2.05) is 25.1 Å². The van der Waals surface area contributed by atoms with E-state index < -0.39 is 0 Å². The maximum atomic E-state index is 9.39. The van der Waals surface area contributed by atoms with Crippen LogP contribution < -0.4 is 5.32 Å². The molecular weight excluding hydrogens is 252 g/mol. The Morgan fingerprint density at radius 2 is 2.28 bits per heavy atom. The minimum atomic E-state index is -0.258. The Morgan fingerprint density at radius 3 is 2.89 bits per heavy atom. The van der Waals surface area contributed by atoms with E-state index >= 15 is 0 Å². The van der Waals surface area contributed by atoms with Crippen molar-refractivity contribution in [2.24, 2.45) is 0 Å². The summed E-state index contributed by atoms with van der Waals surface area (Å²) in [7, 11) is 0. The molecule has 2 atom stereocenters. The molecular formula is C13H15ClN2O2. The summed E-state index contributed by atoms with van der Waals surface area (Å²) < 4.78 is 5.28. The van der Waals surface area contributed by atoms with E-state index in [1.165, 1.54) is 0 Å². The van der Waals surface area contributed by atoms with Crippen LogP contribution in [0.25, 0.3) is 0 Å². The predicted octanol–water partition coefficient (Wildman–Crippen LogP) is 2.71. The molecule has 2 aromatic heterocycles. The summed E-state index contributed by atoms with van der Waals surface area (Å²) in [6.07, 6.45) is 3.23. The van der Waals surface area contributed by atoms with E-state index in [2.05, 4.69) is 10.3 Å². The SMILES string of the molecule is CC(NC(CO)c1ccco1)c1cccnc1Cl. The van der Waals surface area contributed by atoms with Crippen LogP contribution in [0.5, 0.6) is 0 Å². The minimum Gasteiger partial charge on any atom is -0.468 e. The monoisotopic (exact) mass is 266 g/mol. The Kier molecular flexibility index (Phi) is 4.36. The summed E-state index contributed by atoms with van der Waals surface area (Å²) >= 11 is 6.03. The number of pyridine rings is 1. The molecule has 0 bridgehead atoms. The van der Waals surface area contributed by atoms with Crippen molar-refractivity contribution in [1.82, 2.24) is 10.3 Å². The van der Waals surface area contributed by atoms with Crippen LogP contribution in [0.2, 0.25) is 5.15 Å². The van der Waals surface area contributed by atoms with Crippen LogP contribution in [0.1, 0.15) is 30.3 Å². The molecule has 0 aliphatic carbocycles. The lowest BCUT2D eigenvalue weighted by Gasteiger charge is -2.20. The second-order valence-corrected chi connectivity index (χ2v) is 4.38. The topological polar surface area (TPSA) is 58.3 Å². The van der Waals surface area contributed by atoms with Gasteiger partial charge in [0.2, 0.25) is 0 Å². The number of furan rings is 1. The maximum Gasteiger partial charge on any atom is 0.133 e. The van der Waals surface area contributed by atoms with Gasteiger partial charge in [-0.15, -0.1) is 0 Å². The van der Waals surface area contributed by atoms with Crippen LogP contribution in [0.15, 0.2) is 41.1 Å². The van der Waals surface area contributed by atoms with E-state index in [0.717, 1.165) is 5.56 Å². The van der Waals surface area contributed by atoms with Gasteiger partial charge in [0.05, 0.1) is 18.9 Å². The van der Waals surface area contributed by atoms with Gasteiger partial charge < -0.3 is 9.52 Å². The van der Waals surface area contributed by atoms with Gasteiger partial charge in [-0.3, -0.25) is 5.32 Å². The average molecular weight is 267 g/mol. The number of nitrogens with zero attached hydrogens (tertiary/aromatic N) is 1. The molecule has 2 unspecified atom stereocenters. The number of nitrogens with one attached hydrogen (secondary N) is 1. The van der Waals surface area contributed by atoms with E-state index in [9.17, 15) is 5.11 Å². The maximum absolute atomic E-state index is 9.39. The first-order valence-corrected chi connectivity index (χ1v) is 6.11. The van der Waals surface area contributed by atoms with Crippen molar-refractivity contribution in [2.45, 2.75) is 19.0 Å². The van der Waals surface area contributed by atoms with Crippen LogP contribution in [-0.2, 0) is 0 Å². The Bertz CT molecular complexity index is 487. The highest BCUT2D eigenvalue weighted by molar-refractivity contribution is 6.30. The number of aromatic nitrogens is 1. The Balaban J connectivity index is 2.11. The molecule has 0 fully saturated rings. The van der Waals surface area contributed by atoms with Gasteiger partial charge in [0.25, 0.3) is 0 Å². The number of aliphatic hydroxyl groups excluding tert-OH is 1. The molecule has 0 aromatic carbocycles. The third-order valence-corrected chi connectivity index (χ3v) is 3.09. The molecule has 2 rings (SSSR count). The lowest BCUT2D eigenvalue weighted by atomic mass is 10.1. The lowest BCUT2D eigenvalue weighted by molar-refractivity contribution is 0.217. The Hall–Kier alpha value is -1.36. The molecule has 0 saturated carbocycles. The zero-order valence-electron chi connectivity index (χ0n) is 10.0. The van der Waals surface area contributed by atoms with Crippen LogP contribution in [-0.4, -0.2) is 16.7 Å². The van der Waals surface area contributed by atoms with Crippen molar-refractivity contribution >= 4 is 11.6 Å². The van der Waals surface area contributed by atoms with Gasteiger partial charge in [0.15, 0.2) is 0 Å². The predicted molar refractivity (Wildman–Crippen MR) is 69.3 cm³/mol. The van der Waals surface area contributed by atoms with E-state index in [0.29, 0.717) is 10.9 Å². The molecule has 0 aliphatic heterocycles. The Morgan fingerprint density at radius 1 is 1.44 bits per heavy atom. The summed E-state index contributed by atoms with van der Waals surface area (Å²) in [5.74, 6) is 0.698. The molecule has 4 nitrogen and oxygen atoms in total. The summed E-state index contributed by atoms with van der Waals surface area (Å²) in [5, 5.41) is 13.1. The molecule has 2 heterocycles. The van der Waals surface area contributed by atoms with Crippen LogP contribution >= 0.6 is 11.6 Å². The molecule has 5 heteroatoms. The third kappa shape index (κ3) is 2.90. The highest BCUT2D eigenvalue weighted by Gasteiger charge is 2.18. The number of aliphatic hydroxyl groups is 1. The number of rotatable bonds is 5. The first-order chi connectivity index (χ1) is 8.72. The molecule has 2 N–H and O–H groups in total. The minimum absolute atomic E-state index is 0.0338. The summed E-state index contributed by atoms with van der Waals surface area (Å²) in [5.41, 5.74) is 0.893. The zero-order valence-corrected chi connectivity index (χ0v) is 10.8. The average Bonchev–Trinajstić information content (AvgIpc) is 2.90. The molecule has 2 aromatic rings. The van der Waals surface area contributed by atoms with Crippen molar-refractivity contribution in [3.63, 3.8) is 0 Å². The molecule has 0 aliphatic rings. The van der Waals surface area contributed by atoms with Crippen LogP contribution in [0.3, 0.4) is 0 Å². The van der Waals surface area contributed by atoms with E-state index in [-0.39, 0.29) is 18.7 Å². The molecule has 0 spiro atoms. The van der Waals surface area contributed by atoms with Crippen LogP contribution in [0, 0.1) is 0 Å². The number of hydrogen-bond donors (Lipinski definition) is 2. The van der Waals surface area contributed by atoms with E-state index in [4.69, 9.17) is 16.0 Å². The van der Waals surface area contributed by atoms with Gasteiger partial charge >= 0.3 is 0 Å². The summed E-state index contributed by atoms with van der Waals surface area (Å²) in [4.78, 5) is 4.04. The molecule has 96 valence electrons. The largest absolute Gasteiger partial charge is 0.468 e. The van der Waals surface area contributed by atoms with E-state index in [1.54, 1.807) is 18.5 Å². The fraction of sp³-hybridized carbons (Fsp3) is 0.308. The third-order valence-electron chi connectivity index (χ3n) is 2.77. The lowest BCUT2D eigenvalue weighted by Crippen LogP contribution is -2.27. The molecule has 0 radical (unpaired) electrons. The van der Waals surface area contributed by atoms with Crippen molar-refractivity contribution in [3.05, 3.63) is 53.2 Å². The molecule has 18 heavy (non-hydrogen) atoms. The second-order valence-electron chi connectivity index (χ2n) is 4.02. The van der Waals surface area contributed by atoms with Crippen molar-refractivity contribution in [3.8, 4) is 0 Å². The van der Waals surface area contributed by atoms with Gasteiger partial charge in [-0.1, -0.05) is 17.7 Å². The number of hydrogen-bond acceptors (Lipinski definition) is 4. The van der Waals surface area contributed by atoms with Gasteiger partial charge in [-0.05, 0) is 25.1 Å². The fourth-order valence-electron chi connectivity index (χ4n) is 1.83. The van der Waals surface area contributed by atoms with Gasteiger partial charge in [0, 0.05) is 17.8 Å². The second kappa shape index (κ2) is 6.00. The highest BCUT2D eigenvalue weighted by atomic mass is 35.5. The fourth-order valence-corrected chi connectivity index (χ4v) is 2.11. The smallest absolute Gasteiger partial charge is 0.133 e. The first-order valence-electron chi connectivity index (χ1n) is 5.73. The van der Waals surface area contributed by atoms with Crippen LogP contribution in [0.4, 0.5) is 0 Å². The zero-order chi connectivity index (χ0) is 13.0. The van der Waals surface area contributed by atoms with Gasteiger partial charge in [-0.25, -0.2) is 4.98 Å². The van der Waals surface area contributed by atoms with Gasteiger partial charge in [0.1, 0.15) is 10.9 Å². The number of halogens is 1. The quantitative estimate of drug-likeness (QED) is 0.817. The molecule has 0 saturated heterocycles. The van der Waals surface area contributed by atoms with Crippen molar-refractivity contribution < 1.29 is 9.52 Å². The van der Waals surface area contributed by atoms with Crippen molar-refractivity contribution in [2.75, 3.05) is 6.61 Å². The molecule has 0 amide bonds. The first kappa shape index (κ1) is 13.1. The normalized spacial score (nSPS) is 14.4. The van der Waals surface area contributed by atoms with Gasteiger partial charge in [-0.2, -0.15) is 0 Å². The van der Waals surface area contributed by atoms with Crippen molar-refractivity contribution in [1.29, 1.82) is 0 Å². The highest BCUT2D eigenvalue weighted by Crippen LogP contribution is 2.23. The summed E-state index contributed by atoms with van der Waals surface area (Å²) in [6.45, 7) is 1.92. The Labute approximate surface area is 111 Å².